The topological polar surface area (TPSA) is 55.8 Å². The molecule has 0 radical (unpaired) electrons. The van der Waals surface area contributed by atoms with E-state index >= 15 is 0 Å². The zero-order chi connectivity index (χ0) is 19.3. The average molecular weight is 373 g/mol. The van der Waals surface area contributed by atoms with Crippen LogP contribution >= 0.6 is 0 Å². The Labute approximate surface area is 162 Å². The summed E-state index contributed by atoms with van der Waals surface area (Å²) in [4.78, 5) is 27.3. The molecule has 140 valence electrons. The number of ether oxygens (including phenoxy) is 2. The van der Waals surface area contributed by atoms with Crippen LogP contribution in [-0.4, -0.2) is 37.0 Å². The maximum Gasteiger partial charge on any atom is 0.261 e. The van der Waals surface area contributed by atoms with Gasteiger partial charge in [0, 0.05) is 16.5 Å². The molecule has 0 saturated carbocycles. The standard InChI is InChI=1S/C23H19NO4/c1-27-16-6-8-17(9-7-16)28-13-12-24-22(25)18-10-4-14-2-3-15-5-11-19(23(24)26)21(18)20(14)15/h4-11H,2-3,12-13H2,1H3. The first-order valence-corrected chi connectivity index (χ1v) is 9.38. The van der Waals surface area contributed by atoms with Gasteiger partial charge in [0.25, 0.3) is 11.8 Å². The Hall–Kier alpha value is -3.34. The number of benzene rings is 3. The summed E-state index contributed by atoms with van der Waals surface area (Å²) in [5.74, 6) is 0.924. The van der Waals surface area contributed by atoms with E-state index in [9.17, 15) is 9.59 Å². The molecule has 0 saturated heterocycles. The minimum Gasteiger partial charge on any atom is -0.497 e. The highest BCUT2D eigenvalue weighted by Gasteiger charge is 2.34. The molecule has 1 aliphatic heterocycles. The number of carbonyl (C=O) groups is 2. The summed E-state index contributed by atoms with van der Waals surface area (Å²) < 4.78 is 10.8. The SMILES string of the molecule is COc1ccc(OCCN2C(=O)c3ccc4c5c(ccc(c35)C2=O)CC4)cc1. The van der Waals surface area contributed by atoms with Crippen molar-refractivity contribution in [2.24, 2.45) is 0 Å². The number of methoxy groups -OCH3 is 1. The van der Waals surface area contributed by atoms with E-state index in [-0.39, 0.29) is 25.0 Å². The lowest BCUT2D eigenvalue weighted by Crippen LogP contribution is -2.42. The van der Waals surface area contributed by atoms with E-state index in [1.54, 1.807) is 31.4 Å². The van der Waals surface area contributed by atoms with Gasteiger partial charge in [0.15, 0.2) is 0 Å². The van der Waals surface area contributed by atoms with Crippen molar-refractivity contribution in [2.45, 2.75) is 12.8 Å². The van der Waals surface area contributed by atoms with Gasteiger partial charge in [0.2, 0.25) is 0 Å². The van der Waals surface area contributed by atoms with Gasteiger partial charge in [-0.15, -0.1) is 0 Å². The number of carbonyl (C=O) groups excluding carboxylic acids is 2. The van der Waals surface area contributed by atoms with Crippen molar-refractivity contribution in [3.8, 4) is 11.5 Å². The lowest BCUT2D eigenvalue weighted by atomic mass is 9.91. The second-order valence-electron chi connectivity index (χ2n) is 7.08. The van der Waals surface area contributed by atoms with Crippen molar-refractivity contribution in [2.75, 3.05) is 20.3 Å². The lowest BCUT2D eigenvalue weighted by Gasteiger charge is -2.27. The molecule has 0 unspecified atom stereocenters. The third-order valence-electron chi connectivity index (χ3n) is 5.59. The summed E-state index contributed by atoms with van der Waals surface area (Å²) in [7, 11) is 1.61. The normalized spacial score (nSPS) is 14.7. The van der Waals surface area contributed by atoms with Gasteiger partial charge in [-0.1, -0.05) is 12.1 Å². The average Bonchev–Trinajstić information content (AvgIpc) is 3.15. The van der Waals surface area contributed by atoms with E-state index < -0.39 is 0 Å². The maximum atomic E-state index is 13.0. The van der Waals surface area contributed by atoms with Crippen molar-refractivity contribution >= 4 is 22.6 Å². The number of hydrogen-bond acceptors (Lipinski definition) is 4. The molecular formula is C23H19NO4. The largest absolute Gasteiger partial charge is 0.497 e. The minimum absolute atomic E-state index is 0.203. The molecule has 0 N–H and O–H groups in total. The zero-order valence-corrected chi connectivity index (χ0v) is 15.5. The second kappa shape index (κ2) is 6.37. The zero-order valence-electron chi connectivity index (χ0n) is 15.5. The van der Waals surface area contributed by atoms with Crippen molar-refractivity contribution in [3.05, 3.63) is 70.8 Å². The van der Waals surface area contributed by atoms with E-state index in [1.165, 1.54) is 16.0 Å². The Bertz CT molecular complexity index is 1060. The van der Waals surface area contributed by atoms with Crippen LogP contribution in [0.5, 0.6) is 11.5 Å². The molecule has 1 aliphatic carbocycles. The highest BCUT2D eigenvalue weighted by atomic mass is 16.5. The smallest absolute Gasteiger partial charge is 0.261 e. The Kier molecular flexibility index (Phi) is 3.83. The Morgan fingerprint density at radius 2 is 1.36 bits per heavy atom. The van der Waals surface area contributed by atoms with Crippen LogP contribution in [0.1, 0.15) is 31.8 Å². The van der Waals surface area contributed by atoms with E-state index in [0.29, 0.717) is 16.9 Å². The van der Waals surface area contributed by atoms with Gasteiger partial charge < -0.3 is 9.47 Å². The minimum atomic E-state index is -0.244. The van der Waals surface area contributed by atoms with Crippen molar-refractivity contribution in [3.63, 3.8) is 0 Å². The number of rotatable bonds is 5. The fourth-order valence-corrected chi connectivity index (χ4v) is 4.20. The van der Waals surface area contributed by atoms with Gasteiger partial charge in [0.1, 0.15) is 18.1 Å². The third kappa shape index (κ3) is 2.47. The van der Waals surface area contributed by atoms with Gasteiger partial charge in [-0.05, 0) is 65.8 Å². The highest BCUT2D eigenvalue weighted by molar-refractivity contribution is 6.26. The van der Waals surface area contributed by atoms with Gasteiger partial charge in [-0.25, -0.2) is 0 Å². The summed E-state index contributed by atoms with van der Waals surface area (Å²) >= 11 is 0. The Morgan fingerprint density at radius 3 is 1.93 bits per heavy atom. The molecule has 5 heteroatoms. The third-order valence-corrected chi connectivity index (χ3v) is 5.59. The monoisotopic (exact) mass is 373 g/mol. The molecule has 5 rings (SSSR count). The van der Waals surface area contributed by atoms with Crippen LogP contribution in [0.2, 0.25) is 0 Å². The first kappa shape index (κ1) is 16.8. The molecule has 0 fully saturated rings. The van der Waals surface area contributed by atoms with E-state index in [4.69, 9.17) is 9.47 Å². The highest BCUT2D eigenvalue weighted by Crippen LogP contribution is 2.38. The van der Waals surface area contributed by atoms with Crippen molar-refractivity contribution < 1.29 is 19.1 Å². The number of imide groups is 1. The fourth-order valence-electron chi connectivity index (χ4n) is 4.20. The second-order valence-corrected chi connectivity index (χ2v) is 7.08. The van der Waals surface area contributed by atoms with Crippen LogP contribution in [0.25, 0.3) is 10.8 Å². The van der Waals surface area contributed by atoms with Crippen molar-refractivity contribution in [1.82, 2.24) is 4.90 Å². The molecule has 0 aromatic heterocycles. The van der Waals surface area contributed by atoms with Gasteiger partial charge >= 0.3 is 0 Å². The predicted molar refractivity (Wildman–Crippen MR) is 105 cm³/mol. The Balaban J connectivity index is 1.40. The number of amides is 2. The molecule has 28 heavy (non-hydrogen) atoms. The molecular weight excluding hydrogens is 354 g/mol. The van der Waals surface area contributed by atoms with Crippen LogP contribution in [0, 0.1) is 0 Å². The molecule has 1 heterocycles. The van der Waals surface area contributed by atoms with Crippen LogP contribution in [0.4, 0.5) is 0 Å². The van der Waals surface area contributed by atoms with Gasteiger partial charge in [0.05, 0.1) is 13.7 Å². The number of hydrogen-bond donors (Lipinski definition) is 0. The van der Waals surface area contributed by atoms with E-state index in [2.05, 4.69) is 0 Å². The van der Waals surface area contributed by atoms with Crippen molar-refractivity contribution in [1.29, 1.82) is 0 Å². The summed E-state index contributed by atoms with van der Waals surface area (Å²) in [5, 5.41) is 1.93. The summed E-state index contributed by atoms with van der Waals surface area (Å²) in [6, 6.07) is 15.0. The molecule has 3 aromatic rings. The molecule has 0 spiro atoms. The van der Waals surface area contributed by atoms with Crippen LogP contribution in [0.3, 0.4) is 0 Å². The number of nitrogens with zero attached hydrogens (tertiary/aromatic N) is 1. The molecule has 2 amide bonds. The summed E-state index contributed by atoms with van der Waals surface area (Å²) in [6.07, 6.45) is 1.94. The van der Waals surface area contributed by atoms with Crippen LogP contribution < -0.4 is 9.47 Å². The first-order chi connectivity index (χ1) is 13.7. The predicted octanol–water partition coefficient (Wildman–Crippen LogP) is 3.62. The quantitative estimate of drug-likeness (QED) is 0.641. The Morgan fingerprint density at radius 1 is 0.786 bits per heavy atom. The number of aryl methyl sites for hydroxylation is 2. The summed E-state index contributed by atoms with van der Waals surface area (Å²) in [5.41, 5.74) is 3.68. The molecule has 0 atom stereocenters. The van der Waals surface area contributed by atoms with E-state index in [1.807, 2.05) is 24.3 Å². The lowest BCUT2D eigenvalue weighted by molar-refractivity contribution is 0.0587. The van der Waals surface area contributed by atoms with E-state index in [0.717, 1.165) is 29.4 Å². The molecule has 2 aliphatic rings. The van der Waals surface area contributed by atoms with Crippen LogP contribution in [-0.2, 0) is 12.8 Å². The maximum absolute atomic E-state index is 13.0. The molecule has 0 bridgehead atoms. The molecule has 3 aromatic carbocycles. The van der Waals surface area contributed by atoms with Gasteiger partial charge in [-0.2, -0.15) is 0 Å². The molecule has 5 nitrogen and oxygen atoms in total. The first-order valence-electron chi connectivity index (χ1n) is 9.38. The van der Waals surface area contributed by atoms with Crippen LogP contribution in [0.15, 0.2) is 48.5 Å². The fraction of sp³-hybridized carbons (Fsp3) is 0.217. The van der Waals surface area contributed by atoms with Gasteiger partial charge in [-0.3, -0.25) is 14.5 Å². The summed E-state index contributed by atoms with van der Waals surface area (Å²) in [6.45, 7) is 0.437.